The summed E-state index contributed by atoms with van der Waals surface area (Å²) in [6, 6.07) is 7.32. The first-order chi connectivity index (χ1) is 10.1. The molecule has 0 fully saturated rings. The lowest BCUT2D eigenvalue weighted by Crippen LogP contribution is -2.17. The zero-order chi connectivity index (χ0) is 15.0. The highest BCUT2D eigenvalue weighted by molar-refractivity contribution is 6.31. The molecule has 0 amide bonds. The Balaban J connectivity index is 2.06. The predicted molar refractivity (Wildman–Crippen MR) is 78.6 cm³/mol. The number of halogens is 3. The van der Waals surface area contributed by atoms with Crippen LogP contribution in [0.15, 0.2) is 30.3 Å². The van der Waals surface area contributed by atoms with Gasteiger partial charge in [-0.05, 0) is 48.4 Å². The third-order valence-electron chi connectivity index (χ3n) is 3.58. The molecule has 110 valence electrons. The second kappa shape index (κ2) is 5.62. The first-order valence-corrected chi connectivity index (χ1v) is 7.11. The van der Waals surface area contributed by atoms with Crippen molar-refractivity contribution in [3.63, 3.8) is 0 Å². The van der Waals surface area contributed by atoms with Crippen LogP contribution in [-0.4, -0.2) is 12.6 Å². The SMILES string of the molecule is NCCC1Cc2cc(Cl)cc(-c3ccc(F)c(F)c3)c2O1. The van der Waals surface area contributed by atoms with E-state index in [4.69, 9.17) is 22.1 Å². The Morgan fingerprint density at radius 3 is 2.71 bits per heavy atom. The van der Waals surface area contributed by atoms with E-state index in [0.29, 0.717) is 28.4 Å². The highest BCUT2D eigenvalue weighted by atomic mass is 35.5. The van der Waals surface area contributed by atoms with Gasteiger partial charge >= 0.3 is 0 Å². The van der Waals surface area contributed by atoms with Gasteiger partial charge in [0.2, 0.25) is 0 Å². The smallest absolute Gasteiger partial charge is 0.159 e. The molecular weight excluding hydrogens is 296 g/mol. The van der Waals surface area contributed by atoms with E-state index >= 15 is 0 Å². The summed E-state index contributed by atoms with van der Waals surface area (Å²) in [6.07, 6.45) is 1.47. The molecule has 2 N–H and O–H groups in total. The minimum atomic E-state index is -0.891. The van der Waals surface area contributed by atoms with E-state index < -0.39 is 11.6 Å². The topological polar surface area (TPSA) is 35.2 Å². The fourth-order valence-corrected chi connectivity index (χ4v) is 2.86. The summed E-state index contributed by atoms with van der Waals surface area (Å²) in [5.41, 5.74) is 7.75. The molecular formula is C16H14ClF2NO. The Labute approximate surface area is 126 Å². The third kappa shape index (κ3) is 2.74. The third-order valence-corrected chi connectivity index (χ3v) is 3.80. The number of benzene rings is 2. The summed E-state index contributed by atoms with van der Waals surface area (Å²) in [6.45, 7) is 0.535. The summed E-state index contributed by atoms with van der Waals surface area (Å²) >= 11 is 6.13. The van der Waals surface area contributed by atoms with Gasteiger partial charge in [0.1, 0.15) is 11.9 Å². The van der Waals surface area contributed by atoms with Gasteiger partial charge in [0.05, 0.1) is 0 Å². The molecule has 1 atom stereocenters. The highest BCUT2D eigenvalue weighted by Crippen LogP contribution is 2.41. The van der Waals surface area contributed by atoms with E-state index in [2.05, 4.69) is 0 Å². The zero-order valence-electron chi connectivity index (χ0n) is 11.2. The van der Waals surface area contributed by atoms with Gasteiger partial charge in [-0.3, -0.25) is 0 Å². The van der Waals surface area contributed by atoms with Crippen LogP contribution in [0.2, 0.25) is 5.02 Å². The van der Waals surface area contributed by atoms with Crippen LogP contribution in [0, 0.1) is 11.6 Å². The summed E-state index contributed by atoms with van der Waals surface area (Å²) in [7, 11) is 0. The van der Waals surface area contributed by atoms with Gasteiger partial charge in [-0.2, -0.15) is 0 Å². The molecule has 0 aliphatic carbocycles. The largest absolute Gasteiger partial charge is 0.489 e. The van der Waals surface area contributed by atoms with Crippen LogP contribution < -0.4 is 10.5 Å². The van der Waals surface area contributed by atoms with Crippen molar-refractivity contribution in [2.75, 3.05) is 6.54 Å². The van der Waals surface area contributed by atoms with Crippen LogP contribution in [-0.2, 0) is 6.42 Å². The van der Waals surface area contributed by atoms with Crippen molar-refractivity contribution in [1.29, 1.82) is 0 Å². The van der Waals surface area contributed by atoms with E-state index in [1.165, 1.54) is 6.07 Å². The molecule has 0 spiro atoms. The maximum absolute atomic E-state index is 13.4. The summed E-state index contributed by atoms with van der Waals surface area (Å²) in [5.74, 6) is -1.08. The first-order valence-electron chi connectivity index (χ1n) is 6.73. The lowest BCUT2D eigenvalue weighted by atomic mass is 10.00. The highest BCUT2D eigenvalue weighted by Gasteiger charge is 2.26. The summed E-state index contributed by atoms with van der Waals surface area (Å²) in [4.78, 5) is 0. The van der Waals surface area contributed by atoms with Crippen molar-refractivity contribution < 1.29 is 13.5 Å². The molecule has 1 aliphatic rings. The molecule has 1 aliphatic heterocycles. The van der Waals surface area contributed by atoms with Crippen molar-refractivity contribution in [3.05, 3.63) is 52.6 Å². The number of hydrogen-bond donors (Lipinski definition) is 1. The van der Waals surface area contributed by atoms with Gasteiger partial charge in [0.25, 0.3) is 0 Å². The fraction of sp³-hybridized carbons (Fsp3) is 0.250. The van der Waals surface area contributed by atoms with Crippen molar-refractivity contribution in [2.45, 2.75) is 18.9 Å². The van der Waals surface area contributed by atoms with Crippen molar-refractivity contribution >= 4 is 11.6 Å². The quantitative estimate of drug-likeness (QED) is 0.932. The molecule has 2 aromatic rings. The van der Waals surface area contributed by atoms with Crippen LogP contribution in [0.5, 0.6) is 5.75 Å². The Bertz CT molecular complexity index is 690. The molecule has 2 nitrogen and oxygen atoms in total. The van der Waals surface area contributed by atoms with Gasteiger partial charge < -0.3 is 10.5 Å². The number of rotatable bonds is 3. The monoisotopic (exact) mass is 309 g/mol. The predicted octanol–water partition coefficient (Wildman–Crippen LogP) is 3.94. The fourth-order valence-electron chi connectivity index (χ4n) is 2.62. The molecule has 0 aromatic heterocycles. The Morgan fingerprint density at radius 1 is 1.19 bits per heavy atom. The molecule has 0 bridgehead atoms. The average molecular weight is 310 g/mol. The summed E-state index contributed by atoms with van der Waals surface area (Å²) in [5, 5.41) is 0.547. The summed E-state index contributed by atoms with van der Waals surface area (Å²) < 4.78 is 32.4. The van der Waals surface area contributed by atoms with Gasteiger partial charge in [-0.1, -0.05) is 17.7 Å². The van der Waals surface area contributed by atoms with Gasteiger partial charge in [0.15, 0.2) is 11.6 Å². The minimum Gasteiger partial charge on any atom is -0.489 e. The Morgan fingerprint density at radius 2 is 2.00 bits per heavy atom. The standard InChI is InChI=1S/C16H14ClF2NO/c17-11-5-10-6-12(3-4-20)21-16(10)13(8-11)9-1-2-14(18)15(19)7-9/h1-2,5,7-8,12H,3-4,6,20H2. The van der Waals surface area contributed by atoms with Gasteiger partial charge in [-0.15, -0.1) is 0 Å². The molecule has 0 saturated carbocycles. The Hall–Kier alpha value is -1.65. The molecule has 5 heteroatoms. The van der Waals surface area contributed by atoms with E-state index in [0.717, 1.165) is 30.5 Å². The second-order valence-corrected chi connectivity index (χ2v) is 5.53. The molecule has 1 heterocycles. The number of hydrogen-bond acceptors (Lipinski definition) is 2. The van der Waals surface area contributed by atoms with Crippen LogP contribution >= 0.6 is 11.6 Å². The van der Waals surface area contributed by atoms with Gasteiger partial charge in [-0.25, -0.2) is 8.78 Å². The van der Waals surface area contributed by atoms with Crippen molar-refractivity contribution in [1.82, 2.24) is 0 Å². The van der Waals surface area contributed by atoms with E-state index in [9.17, 15) is 8.78 Å². The van der Waals surface area contributed by atoms with Crippen LogP contribution in [0.1, 0.15) is 12.0 Å². The first kappa shape index (κ1) is 14.3. The number of nitrogens with two attached hydrogens (primary N) is 1. The van der Waals surface area contributed by atoms with Crippen LogP contribution in [0.3, 0.4) is 0 Å². The molecule has 2 aromatic carbocycles. The van der Waals surface area contributed by atoms with E-state index in [-0.39, 0.29) is 6.10 Å². The van der Waals surface area contributed by atoms with Crippen molar-refractivity contribution in [2.24, 2.45) is 5.73 Å². The van der Waals surface area contributed by atoms with Crippen LogP contribution in [0.4, 0.5) is 8.78 Å². The van der Waals surface area contributed by atoms with Gasteiger partial charge in [0, 0.05) is 17.0 Å². The average Bonchev–Trinajstić information content (AvgIpc) is 2.83. The second-order valence-electron chi connectivity index (χ2n) is 5.09. The number of fused-ring (bicyclic) bond motifs is 1. The molecule has 3 rings (SSSR count). The van der Waals surface area contributed by atoms with E-state index in [1.807, 2.05) is 6.07 Å². The maximum atomic E-state index is 13.4. The molecule has 0 saturated heterocycles. The van der Waals surface area contributed by atoms with Crippen LogP contribution in [0.25, 0.3) is 11.1 Å². The number of ether oxygens (including phenoxy) is 1. The lowest BCUT2D eigenvalue weighted by Gasteiger charge is -2.12. The lowest BCUT2D eigenvalue weighted by molar-refractivity contribution is 0.225. The normalized spacial score (nSPS) is 16.7. The molecule has 0 radical (unpaired) electrons. The Kier molecular flexibility index (Phi) is 3.83. The molecule has 21 heavy (non-hydrogen) atoms. The molecule has 1 unspecified atom stereocenters. The maximum Gasteiger partial charge on any atom is 0.159 e. The van der Waals surface area contributed by atoms with Crippen molar-refractivity contribution in [3.8, 4) is 16.9 Å². The van der Waals surface area contributed by atoms with E-state index in [1.54, 1.807) is 6.07 Å². The zero-order valence-corrected chi connectivity index (χ0v) is 12.0. The minimum absolute atomic E-state index is 0.00696.